The third kappa shape index (κ3) is 6.46. The van der Waals surface area contributed by atoms with E-state index in [9.17, 15) is 4.79 Å². The molecule has 0 bridgehead atoms. The summed E-state index contributed by atoms with van der Waals surface area (Å²) in [5.41, 5.74) is -0.490. The maximum absolute atomic E-state index is 15.7. The van der Waals surface area contributed by atoms with Gasteiger partial charge in [0.1, 0.15) is 18.0 Å². The molecule has 0 aliphatic carbocycles. The van der Waals surface area contributed by atoms with Crippen LogP contribution in [0.15, 0.2) is 54.6 Å². The van der Waals surface area contributed by atoms with Crippen molar-refractivity contribution in [3.05, 3.63) is 60.2 Å². The Balaban J connectivity index is 1.51. The number of benzene rings is 2. The van der Waals surface area contributed by atoms with Crippen LogP contribution in [0.3, 0.4) is 0 Å². The second-order valence-electron chi connectivity index (χ2n) is 8.88. The van der Waals surface area contributed by atoms with Crippen LogP contribution in [0.25, 0.3) is 0 Å². The number of likely N-dealkylation sites (tertiary alicyclic amines) is 1. The van der Waals surface area contributed by atoms with Gasteiger partial charge in [-0.2, -0.15) is 0 Å². The summed E-state index contributed by atoms with van der Waals surface area (Å²) in [6.07, 6.45) is 0.853. The number of hydrogen-bond acceptors (Lipinski definition) is 3. The Hall–Kier alpha value is -2.60. The van der Waals surface area contributed by atoms with Crippen LogP contribution in [0.2, 0.25) is 0 Å². The summed E-state index contributed by atoms with van der Waals surface area (Å²) in [7, 11) is 0. The fourth-order valence-electron chi connectivity index (χ4n) is 3.61. The van der Waals surface area contributed by atoms with Crippen molar-refractivity contribution in [2.75, 3.05) is 31.6 Å². The maximum atomic E-state index is 15.7. The van der Waals surface area contributed by atoms with Gasteiger partial charge in [-0.3, -0.25) is 4.90 Å². The molecule has 5 nitrogen and oxygen atoms in total. The third-order valence-electron chi connectivity index (χ3n) is 5.19. The van der Waals surface area contributed by atoms with Gasteiger partial charge in [0, 0.05) is 30.9 Å². The van der Waals surface area contributed by atoms with Crippen LogP contribution >= 0.6 is 0 Å². The van der Waals surface area contributed by atoms with Crippen molar-refractivity contribution in [2.45, 2.75) is 44.8 Å². The molecule has 2 aromatic carbocycles. The number of rotatable bonds is 6. The van der Waals surface area contributed by atoms with Crippen LogP contribution in [0.1, 0.15) is 39.2 Å². The topological polar surface area (TPSA) is 53.6 Å². The number of amides is 2. The molecular weight excluding hydrogens is 381 g/mol. The summed E-state index contributed by atoms with van der Waals surface area (Å²) in [5, 5.41) is 5.65. The lowest BCUT2D eigenvalue weighted by atomic mass is 9.86. The van der Waals surface area contributed by atoms with Crippen LogP contribution in [0.5, 0.6) is 5.75 Å². The molecule has 2 amide bonds. The average Bonchev–Trinajstić information content (AvgIpc) is 2.69. The number of alkyl halides is 1. The van der Waals surface area contributed by atoms with Gasteiger partial charge in [-0.1, -0.05) is 30.3 Å². The van der Waals surface area contributed by atoms with E-state index in [4.69, 9.17) is 4.74 Å². The van der Waals surface area contributed by atoms with Crippen LogP contribution in [-0.4, -0.2) is 42.7 Å². The monoisotopic (exact) mass is 413 g/mol. The minimum Gasteiger partial charge on any atom is -0.492 e. The third-order valence-corrected chi connectivity index (χ3v) is 5.19. The van der Waals surface area contributed by atoms with E-state index in [1.165, 1.54) is 0 Å². The highest BCUT2D eigenvalue weighted by molar-refractivity contribution is 5.89. The highest BCUT2D eigenvalue weighted by Gasteiger charge is 2.36. The molecule has 0 atom stereocenters. The Morgan fingerprint density at radius 2 is 1.80 bits per heavy atom. The zero-order valence-electron chi connectivity index (χ0n) is 18.1. The summed E-state index contributed by atoms with van der Waals surface area (Å²) in [6.45, 7) is 8.47. The molecule has 1 aliphatic heterocycles. The second kappa shape index (κ2) is 9.47. The number of ether oxygens (including phenoxy) is 1. The molecule has 2 N–H and O–H groups in total. The molecule has 0 aromatic heterocycles. The molecule has 162 valence electrons. The lowest BCUT2D eigenvalue weighted by Gasteiger charge is -2.36. The Morgan fingerprint density at radius 3 is 2.47 bits per heavy atom. The number of anilines is 1. The van der Waals surface area contributed by atoms with Crippen molar-refractivity contribution in [1.29, 1.82) is 0 Å². The molecule has 6 heteroatoms. The number of piperidine rings is 1. The van der Waals surface area contributed by atoms with E-state index < -0.39 is 5.67 Å². The van der Waals surface area contributed by atoms with Crippen molar-refractivity contribution in [3.63, 3.8) is 0 Å². The highest BCUT2D eigenvalue weighted by atomic mass is 19.1. The molecule has 30 heavy (non-hydrogen) atoms. The summed E-state index contributed by atoms with van der Waals surface area (Å²) in [4.78, 5) is 14.3. The molecule has 0 unspecified atom stereocenters. The van der Waals surface area contributed by atoms with Gasteiger partial charge in [0.15, 0.2) is 0 Å². The van der Waals surface area contributed by atoms with Crippen molar-refractivity contribution in [1.82, 2.24) is 10.2 Å². The molecule has 1 heterocycles. The van der Waals surface area contributed by atoms with Crippen LogP contribution in [0.4, 0.5) is 14.9 Å². The normalized spacial score (nSPS) is 16.7. The molecular formula is C24H32FN3O2. The number of nitrogens with zero attached hydrogens (tertiary/aromatic N) is 1. The van der Waals surface area contributed by atoms with Gasteiger partial charge < -0.3 is 15.4 Å². The van der Waals surface area contributed by atoms with Gasteiger partial charge in [-0.25, -0.2) is 9.18 Å². The molecule has 2 aromatic rings. The summed E-state index contributed by atoms with van der Waals surface area (Å²) in [5.74, 6) is 0.856. The lowest BCUT2D eigenvalue weighted by molar-refractivity contribution is 0.0501. The maximum Gasteiger partial charge on any atom is 0.319 e. The van der Waals surface area contributed by atoms with E-state index in [0.717, 1.165) is 12.3 Å². The van der Waals surface area contributed by atoms with E-state index in [1.54, 1.807) is 24.3 Å². The smallest absolute Gasteiger partial charge is 0.319 e. The molecule has 0 saturated carbocycles. The molecule has 0 spiro atoms. The highest BCUT2D eigenvalue weighted by Crippen LogP contribution is 2.37. The second-order valence-corrected chi connectivity index (χ2v) is 8.88. The first-order chi connectivity index (χ1) is 14.2. The van der Waals surface area contributed by atoms with Gasteiger partial charge in [0.2, 0.25) is 0 Å². The first-order valence-corrected chi connectivity index (χ1v) is 10.5. The lowest BCUT2D eigenvalue weighted by Crippen LogP contribution is -2.43. The minimum atomic E-state index is -1.38. The number of nitrogens with one attached hydrogen (secondary N) is 2. The number of carbonyl (C=O) groups excluding carboxylic acids is 1. The summed E-state index contributed by atoms with van der Waals surface area (Å²) >= 11 is 0. The predicted molar refractivity (Wildman–Crippen MR) is 119 cm³/mol. The summed E-state index contributed by atoms with van der Waals surface area (Å²) < 4.78 is 21.4. The van der Waals surface area contributed by atoms with Gasteiger partial charge in [-0.05, 0) is 63.4 Å². The number of halogens is 1. The van der Waals surface area contributed by atoms with Gasteiger partial charge in [0.25, 0.3) is 0 Å². The van der Waals surface area contributed by atoms with Gasteiger partial charge >= 0.3 is 6.03 Å². The molecule has 1 saturated heterocycles. The van der Waals surface area contributed by atoms with Gasteiger partial charge in [-0.15, -0.1) is 0 Å². The Labute approximate surface area is 178 Å². The van der Waals surface area contributed by atoms with E-state index in [0.29, 0.717) is 43.8 Å². The van der Waals surface area contributed by atoms with Crippen molar-refractivity contribution in [3.8, 4) is 5.75 Å². The zero-order valence-corrected chi connectivity index (χ0v) is 18.1. The molecule has 0 radical (unpaired) electrons. The van der Waals surface area contributed by atoms with Crippen LogP contribution in [-0.2, 0) is 5.67 Å². The summed E-state index contributed by atoms with van der Waals surface area (Å²) in [6, 6.07) is 16.6. The number of carbonyl (C=O) groups is 1. The number of para-hydroxylation sites is 1. The number of urea groups is 1. The van der Waals surface area contributed by atoms with Crippen molar-refractivity contribution >= 4 is 11.7 Å². The van der Waals surface area contributed by atoms with Crippen molar-refractivity contribution in [2.24, 2.45) is 0 Å². The van der Waals surface area contributed by atoms with E-state index in [-0.39, 0.29) is 11.6 Å². The molecule has 3 rings (SSSR count). The quantitative estimate of drug-likeness (QED) is 0.705. The largest absolute Gasteiger partial charge is 0.492 e. The SMILES string of the molecule is CC(C)(C)NC(=O)Nc1cccc(C2(F)CCN(CCOc3ccccc3)CC2)c1. The predicted octanol–water partition coefficient (Wildman–Crippen LogP) is 4.95. The van der Waals surface area contributed by atoms with Crippen molar-refractivity contribution < 1.29 is 13.9 Å². The zero-order chi connectivity index (χ0) is 21.6. The number of hydrogen-bond donors (Lipinski definition) is 2. The molecule has 1 fully saturated rings. The first kappa shape index (κ1) is 22.1. The first-order valence-electron chi connectivity index (χ1n) is 10.5. The Kier molecular flexibility index (Phi) is 6.98. The molecule has 1 aliphatic rings. The van der Waals surface area contributed by atoms with Gasteiger partial charge in [0.05, 0.1) is 0 Å². The Bertz CT molecular complexity index is 828. The van der Waals surface area contributed by atoms with E-state index in [1.807, 2.05) is 51.1 Å². The average molecular weight is 414 g/mol. The fourth-order valence-corrected chi connectivity index (χ4v) is 3.61. The van der Waals surface area contributed by atoms with Crippen LogP contribution < -0.4 is 15.4 Å². The van der Waals surface area contributed by atoms with E-state index >= 15 is 4.39 Å². The van der Waals surface area contributed by atoms with E-state index in [2.05, 4.69) is 15.5 Å². The van der Waals surface area contributed by atoms with Crippen LogP contribution in [0, 0.1) is 0 Å². The standard InChI is InChI=1S/C24H32FN3O2/c1-23(2,3)27-22(29)26-20-9-7-8-19(18-20)24(25)12-14-28(15-13-24)16-17-30-21-10-5-4-6-11-21/h4-11,18H,12-17H2,1-3H3,(H2,26,27,29). The fraction of sp³-hybridized carbons (Fsp3) is 0.458. The minimum absolute atomic E-state index is 0.291. The Morgan fingerprint density at radius 1 is 1.10 bits per heavy atom.